The van der Waals surface area contributed by atoms with Crippen LogP contribution in [-0.4, -0.2) is 36.8 Å². The van der Waals surface area contributed by atoms with Crippen LogP contribution in [0.15, 0.2) is 35.7 Å². The van der Waals surface area contributed by atoms with Crippen molar-refractivity contribution in [3.05, 3.63) is 46.2 Å². The fourth-order valence-electron chi connectivity index (χ4n) is 2.90. The van der Waals surface area contributed by atoms with Crippen LogP contribution in [0.5, 0.6) is 5.75 Å². The Morgan fingerprint density at radius 3 is 2.74 bits per heavy atom. The Morgan fingerprint density at radius 2 is 2.07 bits per heavy atom. The first kappa shape index (κ1) is 19.1. The standard InChI is InChI=1S/C20H22N2O4S/c1-3-9-21-18(23)12-22-14-11-13(19(24)17-6-5-10-27-17)7-8-16(14)26-15(4-2)20(22)25/h5-8,10-11,15H,3-4,9,12H2,1-2H3,(H,21,23)/t15-/m1/s1. The van der Waals surface area contributed by atoms with E-state index in [2.05, 4.69) is 5.32 Å². The highest BCUT2D eigenvalue weighted by Gasteiger charge is 2.35. The predicted molar refractivity (Wildman–Crippen MR) is 105 cm³/mol. The van der Waals surface area contributed by atoms with E-state index in [-0.39, 0.29) is 24.1 Å². The van der Waals surface area contributed by atoms with Gasteiger partial charge >= 0.3 is 0 Å². The molecule has 0 unspecified atom stereocenters. The van der Waals surface area contributed by atoms with Gasteiger partial charge in [0.25, 0.3) is 5.91 Å². The second-order valence-electron chi connectivity index (χ2n) is 6.28. The largest absolute Gasteiger partial charge is 0.478 e. The molecule has 0 aliphatic carbocycles. The van der Waals surface area contributed by atoms with Gasteiger partial charge in [-0.3, -0.25) is 19.3 Å². The topological polar surface area (TPSA) is 75.7 Å². The Labute approximate surface area is 162 Å². The van der Waals surface area contributed by atoms with Crippen molar-refractivity contribution in [3.63, 3.8) is 0 Å². The molecular formula is C20H22N2O4S. The van der Waals surface area contributed by atoms with Gasteiger partial charge in [0.15, 0.2) is 6.10 Å². The van der Waals surface area contributed by atoms with Crippen molar-refractivity contribution in [3.8, 4) is 5.75 Å². The highest BCUT2D eigenvalue weighted by Crippen LogP contribution is 2.36. The summed E-state index contributed by atoms with van der Waals surface area (Å²) in [5.74, 6) is -0.110. The van der Waals surface area contributed by atoms with Crippen LogP contribution in [0, 0.1) is 0 Å². The van der Waals surface area contributed by atoms with Crippen LogP contribution in [0.1, 0.15) is 41.9 Å². The molecule has 3 rings (SSSR count). The molecule has 1 aromatic heterocycles. The number of thiophene rings is 1. The fourth-order valence-corrected chi connectivity index (χ4v) is 3.59. The summed E-state index contributed by atoms with van der Waals surface area (Å²) in [6, 6.07) is 8.60. The Morgan fingerprint density at radius 1 is 1.26 bits per heavy atom. The van der Waals surface area contributed by atoms with Crippen molar-refractivity contribution in [2.75, 3.05) is 18.0 Å². The third-order valence-electron chi connectivity index (χ3n) is 4.31. The number of ketones is 1. The van der Waals surface area contributed by atoms with Crippen LogP contribution in [0.3, 0.4) is 0 Å². The number of amides is 2. The van der Waals surface area contributed by atoms with Crippen LogP contribution >= 0.6 is 11.3 Å². The number of hydrogen-bond acceptors (Lipinski definition) is 5. The first-order valence-corrected chi connectivity index (χ1v) is 9.90. The molecule has 7 heteroatoms. The lowest BCUT2D eigenvalue weighted by atomic mass is 10.1. The van der Waals surface area contributed by atoms with E-state index in [1.165, 1.54) is 16.2 Å². The van der Waals surface area contributed by atoms with Gasteiger partial charge in [-0.15, -0.1) is 11.3 Å². The monoisotopic (exact) mass is 386 g/mol. The van der Waals surface area contributed by atoms with E-state index in [9.17, 15) is 14.4 Å². The molecule has 1 aliphatic heterocycles. The fraction of sp³-hybridized carbons (Fsp3) is 0.350. The van der Waals surface area contributed by atoms with Crippen LogP contribution in [-0.2, 0) is 9.59 Å². The Kier molecular flexibility index (Phi) is 5.91. The quantitative estimate of drug-likeness (QED) is 0.742. The number of carbonyl (C=O) groups excluding carboxylic acids is 3. The molecule has 0 bridgehead atoms. The summed E-state index contributed by atoms with van der Waals surface area (Å²) < 4.78 is 5.78. The minimum atomic E-state index is -0.629. The Balaban J connectivity index is 1.94. The molecule has 0 spiro atoms. The van der Waals surface area contributed by atoms with Gasteiger partial charge in [0.2, 0.25) is 11.7 Å². The van der Waals surface area contributed by atoms with Crippen molar-refractivity contribution in [2.24, 2.45) is 0 Å². The molecule has 142 valence electrons. The van der Waals surface area contributed by atoms with Crippen LogP contribution in [0.25, 0.3) is 0 Å². The number of fused-ring (bicyclic) bond motifs is 1. The van der Waals surface area contributed by atoms with Gasteiger partial charge in [-0.1, -0.05) is 19.9 Å². The van der Waals surface area contributed by atoms with Crippen LogP contribution in [0.4, 0.5) is 5.69 Å². The zero-order valence-electron chi connectivity index (χ0n) is 15.4. The number of nitrogens with one attached hydrogen (secondary N) is 1. The number of benzene rings is 1. The van der Waals surface area contributed by atoms with Gasteiger partial charge in [0.05, 0.1) is 10.6 Å². The van der Waals surface area contributed by atoms with Crippen molar-refractivity contribution < 1.29 is 19.1 Å². The van der Waals surface area contributed by atoms with E-state index in [0.29, 0.717) is 34.8 Å². The van der Waals surface area contributed by atoms with Crippen molar-refractivity contribution in [2.45, 2.75) is 32.8 Å². The lowest BCUT2D eigenvalue weighted by molar-refractivity contribution is -0.129. The SMILES string of the molecule is CCCNC(=O)CN1C(=O)[C@@H](CC)Oc2ccc(C(=O)c3cccs3)cc21. The second-order valence-corrected chi connectivity index (χ2v) is 7.23. The average Bonchev–Trinajstić information content (AvgIpc) is 3.22. The van der Waals surface area contributed by atoms with Crippen LogP contribution in [0.2, 0.25) is 0 Å². The summed E-state index contributed by atoms with van der Waals surface area (Å²) in [7, 11) is 0. The Bertz CT molecular complexity index is 848. The van der Waals surface area contributed by atoms with E-state index < -0.39 is 6.10 Å². The molecule has 2 heterocycles. The lowest BCUT2D eigenvalue weighted by Crippen LogP contribution is -2.49. The van der Waals surface area contributed by atoms with Crippen molar-refractivity contribution in [1.29, 1.82) is 0 Å². The first-order valence-electron chi connectivity index (χ1n) is 9.02. The van der Waals surface area contributed by atoms with Crippen molar-refractivity contribution in [1.82, 2.24) is 5.32 Å². The Hall–Kier alpha value is -2.67. The summed E-state index contributed by atoms with van der Waals surface area (Å²) in [4.78, 5) is 39.7. The summed E-state index contributed by atoms with van der Waals surface area (Å²) in [6.45, 7) is 4.28. The zero-order valence-corrected chi connectivity index (χ0v) is 16.2. The smallest absolute Gasteiger partial charge is 0.268 e. The molecule has 0 fully saturated rings. The summed E-state index contributed by atoms with van der Waals surface area (Å²) >= 11 is 1.36. The summed E-state index contributed by atoms with van der Waals surface area (Å²) in [5.41, 5.74) is 0.917. The van der Waals surface area contributed by atoms with E-state index in [1.807, 2.05) is 25.3 Å². The lowest BCUT2D eigenvalue weighted by Gasteiger charge is -2.34. The second kappa shape index (κ2) is 8.35. The minimum Gasteiger partial charge on any atom is -0.478 e. The van der Waals surface area contributed by atoms with E-state index in [1.54, 1.807) is 24.3 Å². The molecule has 2 aromatic rings. The molecule has 1 atom stereocenters. The molecule has 0 saturated heterocycles. The van der Waals surface area contributed by atoms with Gasteiger partial charge in [0.1, 0.15) is 12.3 Å². The van der Waals surface area contributed by atoms with Crippen molar-refractivity contribution >= 4 is 34.6 Å². The van der Waals surface area contributed by atoms with Gasteiger partial charge in [-0.25, -0.2) is 0 Å². The average molecular weight is 386 g/mol. The molecule has 6 nitrogen and oxygen atoms in total. The number of ether oxygens (including phenoxy) is 1. The van der Waals surface area contributed by atoms with E-state index in [4.69, 9.17) is 4.74 Å². The third kappa shape index (κ3) is 4.03. The molecule has 1 aliphatic rings. The summed E-state index contributed by atoms with van der Waals surface area (Å²) in [6.07, 6.45) is 0.688. The molecule has 2 amide bonds. The van der Waals surface area contributed by atoms with Crippen LogP contribution < -0.4 is 15.0 Å². The minimum absolute atomic E-state index is 0.0949. The molecule has 1 N–H and O–H groups in total. The number of anilines is 1. The van der Waals surface area contributed by atoms with E-state index in [0.717, 1.165) is 6.42 Å². The van der Waals surface area contributed by atoms with Gasteiger partial charge in [0, 0.05) is 12.1 Å². The highest BCUT2D eigenvalue weighted by molar-refractivity contribution is 7.12. The molecule has 0 saturated carbocycles. The molecule has 1 aromatic carbocycles. The maximum Gasteiger partial charge on any atom is 0.268 e. The summed E-state index contributed by atoms with van der Waals surface area (Å²) in [5, 5.41) is 4.63. The number of hydrogen-bond donors (Lipinski definition) is 1. The van der Waals surface area contributed by atoms with Gasteiger partial charge in [-0.2, -0.15) is 0 Å². The third-order valence-corrected chi connectivity index (χ3v) is 5.18. The zero-order chi connectivity index (χ0) is 19.4. The predicted octanol–water partition coefficient (Wildman–Crippen LogP) is 3.01. The number of carbonyl (C=O) groups is 3. The highest BCUT2D eigenvalue weighted by atomic mass is 32.1. The molecule has 0 radical (unpaired) electrons. The molecular weight excluding hydrogens is 364 g/mol. The van der Waals surface area contributed by atoms with Gasteiger partial charge < -0.3 is 10.1 Å². The van der Waals surface area contributed by atoms with Gasteiger partial charge in [-0.05, 0) is 42.5 Å². The normalized spacial score (nSPS) is 15.9. The first-order chi connectivity index (χ1) is 13.0. The maximum absolute atomic E-state index is 12.8. The maximum atomic E-state index is 12.8. The number of rotatable bonds is 7. The molecule has 27 heavy (non-hydrogen) atoms. The number of nitrogens with zero attached hydrogens (tertiary/aromatic N) is 1. The van der Waals surface area contributed by atoms with E-state index >= 15 is 0 Å².